The molecule has 0 aromatic heterocycles. The molecule has 1 fully saturated rings. The third-order valence-corrected chi connectivity index (χ3v) is 2.79. The second-order valence-corrected chi connectivity index (χ2v) is 3.58. The van der Waals surface area contributed by atoms with Crippen LogP contribution in [0.3, 0.4) is 0 Å². The normalized spacial score (nSPS) is 20.9. The van der Waals surface area contributed by atoms with Crippen molar-refractivity contribution in [3.63, 3.8) is 0 Å². The van der Waals surface area contributed by atoms with E-state index in [-0.39, 0.29) is 12.1 Å². The summed E-state index contributed by atoms with van der Waals surface area (Å²) in [6, 6.07) is 0.383. The summed E-state index contributed by atoms with van der Waals surface area (Å²) < 4.78 is 5.26. The topological polar surface area (TPSA) is 32.8 Å². The lowest BCUT2D eigenvalue weighted by Crippen LogP contribution is -2.46. The van der Waals surface area contributed by atoms with Crippen LogP contribution in [0.25, 0.3) is 0 Å². The number of carbonyl (C=O) groups excluding carboxylic acids is 1. The summed E-state index contributed by atoms with van der Waals surface area (Å²) in [5.41, 5.74) is 0. The molecule has 4 heteroatoms. The molecule has 0 aliphatic carbocycles. The highest BCUT2D eigenvalue weighted by Gasteiger charge is 2.26. The molecular formula is C10H20N2O2. The summed E-state index contributed by atoms with van der Waals surface area (Å²) in [6.45, 7) is 7.01. The zero-order valence-corrected chi connectivity index (χ0v) is 9.32. The van der Waals surface area contributed by atoms with Crippen LogP contribution in [0.15, 0.2) is 0 Å². The summed E-state index contributed by atoms with van der Waals surface area (Å²) >= 11 is 0. The fourth-order valence-electron chi connectivity index (χ4n) is 1.70. The van der Waals surface area contributed by atoms with Crippen LogP contribution in [0.4, 0.5) is 4.79 Å². The maximum atomic E-state index is 11.9. The molecule has 0 aromatic rings. The van der Waals surface area contributed by atoms with Gasteiger partial charge in [-0.15, -0.1) is 0 Å². The zero-order chi connectivity index (χ0) is 10.6. The van der Waals surface area contributed by atoms with E-state index >= 15 is 0 Å². The summed E-state index contributed by atoms with van der Waals surface area (Å²) in [5.74, 6) is 0. The average molecular weight is 200 g/mol. The molecule has 0 spiro atoms. The maximum absolute atomic E-state index is 11.9. The van der Waals surface area contributed by atoms with Gasteiger partial charge in [-0.05, 0) is 20.3 Å². The van der Waals surface area contributed by atoms with E-state index in [1.54, 1.807) is 4.90 Å². The molecular weight excluding hydrogens is 180 g/mol. The number of likely N-dealkylation sites (N-methyl/N-ethyl adjacent to an activating group) is 1. The molecule has 0 aromatic carbocycles. The molecule has 1 heterocycles. The fourth-order valence-corrected chi connectivity index (χ4v) is 1.70. The van der Waals surface area contributed by atoms with Gasteiger partial charge in [0.2, 0.25) is 0 Å². The Morgan fingerprint density at radius 2 is 2.07 bits per heavy atom. The van der Waals surface area contributed by atoms with Gasteiger partial charge in [-0.3, -0.25) is 0 Å². The van der Waals surface area contributed by atoms with Crippen molar-refractivity contribution in [3.8, 4) is 0 Å². The first-order valence-corrected chi connectivity index (χ1v) is 5.30. The Morgan fingerprint density at radius 1 is 1.43 bits per heavy atom. The van der Waals surface area contributed by atoms with Gasteiger partial charge in [0.25, 0.3) is 0 Å². The van der Waals surface area contributed by atoms with Gasteiger partial charge in [-0.2, -0.15) is 0 Å². The first kappa shape index (κ1) is 11.3. The van der Waals surface area contributed by atoms with Crippen molar-refractivity contribution < 1.29 is 9.53 Å². The second-order valence-electron chi connectivity index (χ2n) is 3.58. The number of nitrogens with zero attached hydrogens (tertiary/aromatic N) is 2. The Balaban J connectivity index is 2.49. The average Bonchev–Trinajstić information content (AvgIpc) is 2.71. The summed E-state index contributed by atoms with van der Waals surface area (Å²) in [4.78, 5) is 15.5. The number of ether oxygens (including phenoxy) is 1. The van der Waals surface area contributed by atoms with E-state index < -0.39 is 0 Å². The van der Waals surface area contributed by atoms with Gasteiger partial charge in [0, 0.05) is 26.7 Å². The summed E-state index contributed by atoms with van der Waals surface area (Å²) in [6.07, 6.45) is 0.962. The zero-order valence-electron chi connectivity index (χ0n) is 9.32. The molecule has 82 valence electrons. The molecule has 0 bridgehead atoms. The van der Waals surface area contributed by atoms with E-state index in [1.807, 2.05) is 25.8 Å². The molecule has 0 N–H and O–H groups in total. The van der Waals surface area contributed by atoms with Crippen LogP contribution in [0, 0.1) is 0 Å². The van der Waals surface area contributed by atoms with E-state index in [1.165, 1.54) is 0 Å². The number of hydrogen-bond donors (Lipinski definition) is 0. The minimum atomic E-state index is 0.116. The highest BCUT2D eigenvalue weighted by molar-refractivity contribution is 5.74. The van der Waals surface area contributed by atoms with Crippen LogP contribution in [0.5, 0.6) is 0 Å². The lowest BCUT2D eigenvalue weighted by Gasteiger charge is -2.29. The number of carbonyl (C=O) groups is 1. The van der Waals surface area contributed by atoms with Crippen molar-refractivity contribution in [2.75, 3.05) is 33.4 Å². The van der Waals surface area contributed by atoms with Crippen LogP contribution in [0.2, 0.25) is 0 Å². The SMILES string of the molecule is CCN(CC)C(=O)N(C)C1CCOC1. The predicted molar refractivity (Wildman–Crippen MR) is 55.3 cm³/mol. The smallest absolute Gasteiger partial charge is 0.320 e. The highest BCUT2D eigenvalue weighted by atomic mass is 16.5. The minimum absolute atomic E-state index is 0.116. The lowest BCUT2D eigenvalue weighted by molar-refractivity contribution is 0.135. The number of amides is 2. The lowest BCUT2D eigenvalue weighted by atomic mass is 10.2. The highest BCUT2D eigenvalue weighted by Crippen LogP contribution is 2.12. The standard InChI is InChI=1S/C10H20N2O2/c1-4-12(5-2)10(13)11(3)9-6-7-14-8-9/h9H,4-8H2,1-3H3. The van der Waals surface area contributed by atoms with Crippen LogP contribution >= 0.6 is 0 Å². The van der Waals surface area contributed by atoms with Crippen molar-refractivity contribution in [3.05, 3.63) is 0 Å². The van der Waals surface area contributed by atoms with Crippen LogP contribution < -0.4 is 0 Å². The van der Waals surface area contributed by atoms with Gasteiger partial charge in [-0.25, -0.2) is 4.79 Å². The van der Waals surface area contributed by atoms with E-state index in [0.29, 0.717) is 6.61 Å². The minimum Gasteiger partial charge on any atom is -0.379 e. The van der Waals surface area contributed by atoms with E-state index in [2.05, 4.69) is 0 Å². The van der Waals surface area contributed by atoms with Crippen LogP contribution in [-0.4, -0.2) is 55.2 Å². The Kier molecular flexibility index (Phi) is 4.20. The Bertz CT molecular complexity index is 187. The van der Waals surface area contributed by atoms with E-state index in [9.17, 15) is 4.79 Å². The van der Waals surface area contributed by atoms with Gasteiger partial charge >= 0.3 is 6.03 Å². The maximum Gasteiger partial charge on any atom is 0.320 e. The van der Waals surface area contributed by atoms with Crippen molar-refractivity contribution in [2.24, 2.45) is 0 Å². The van der Waals surface area contributed by atoms with Gasteiger partial charge in [0.05, 0.1) is 12.6 Å². The van der Waals surface area contributed by atoms with E-state index in [4.69, 9.17) is 4.74 Å². The van der Waals surface area contributed by atoms with Crippen molar-refractivity contribution in [1.29, 1.82) is 0 Å². The quantitative estimate of drug-likeness (QED) is 0.685. The van der Waals surface area contributed by atoms with Crippen molar-refractivity contribution in [2.45, 2.75) is 26.3 Å². The number of urea groups is 1. The third-order valence-electron chi connectivity index (χ3n) is 2.79. The van der Waals surface area contributed by atoms with E-state index in [0.717, 1.165) is 26.1 Å². The van der Waals surface area contributed by atoms with Gasteiger partial charge in [0.1, 0.15) is 0 Å². The Labute approximate surface area is 85.8 Å². The molecule has 2 amide bonds. The predicted octanol–water partition coefficient (Wildman–Crippen LogP) is 1.17. The first-order valence-electron chi connectivity index (χ1n) is 5.30. The molecule has 4 nitrogen and oxygen atoms in total. The molecule has 1 aliphatic rings. The van der Waals surface area contributed by atoms with Crippen LogP contribution in [0.1, 0.15) is 20.3 Å². The molecule has 1 unspecified atom stereocenters. The summed E-state index contributed by atoms with van der Waals surface area (Å²) in [5, 5.41) is 0. The molecule has 0 radical (unpaired) electrons. The molecule has 0 saturated carbocycles. The van der Waals surface area contributed by atoms with Gasteiger partial charge in [-0.1, -0.05) is 0 Å². The molecule has 1 atom stereocenters. The molecule has 1 rings (SSSR count). The van der Waals surface area contributed by atoms with Gasteiger partial charge in [0.15, 0.2) is 0 Å². The third kappa shape index (κ3) is 2.38. The van der Waals surface area contributed by atoms with Crippen molar-refractivity contribution in [1.82, 2.24) is 9.80 Å². The Morgan fingerprint density at radius 3 is 2.50 bits per heavy atom. The number of hydrogen-bond acceptors (Lipinski definition) is 2. The van der Waals surface area contributed by atoms with Crippen molar-refractivity contribution >= 4 is 6.03 Å². The monoisotopic (exact) mass is 200 g/mol. The largest absolute Gasteiger partial charge is 0.379 e. The molecule has 1 aliphatic heterocycles. The molecule has 1 saturated heterocycles. The fraction of sp³-hybridized carbons (Fsp3) is 0.900. The van der Waals surface area contributed by atoms with Gasteiger partial charge < -0.3 is 14.5 Å². The Hall–Kier alpha value is -0.770. The first-order chi connectivity index (χ1) is 6.70. The van der Waals surface area contributed by atoms with Crippen LogP contribution in [-0.2, 0) is 4.74 Å². The molecule has 14 heavy (non-hydrogen) atoms. The summed E-state index contributed by atoms with van der Waals surface area (Å²) in [7, 11) is 1.86. The number of rotatable bonds is 3. The second kappa shape index (κ2) is 5.20.